The molecule has 6 nitrogen and oxygen atoms in total. The number of aromatic carboxylic acids is 1. The van der Waals surface area contributed by atoms with E-state index in [1.807, 2.05) is 12.1 Å². The highest BCUT2D eigenvalue weighted by Gasteiger charge is 2.18. The van der Waals surface area contributed by atoms with E-state index in [2.05, 4.69) is 10.2 Å². The summed E-state index contributed by atoms with van der Waals surface area (Å²) in [6, 6.07) is 7.21. The summed E-state index contributed by atoms with van der Waals surface area (Å²) >= 11 is 5.86. The molecule has 21 heavy (non-hydrogen) atoms. The number of hydrogen-bond acceptors (Lipinski definition) is 3. The molecule has 106 valence electrons. The number of hydrogen-bond donors (Lipinski definition) is 1. The van der Waals surface area contributed by atoms with Crippen molar-refractivity contribution in [2.45, 2.75) is 0 Å². The van der Waals surface area contributed by atoms with E-state index in [1.54, 1.807) is 36.3 Å². The molecule has 7 heteroatoms. The van der Waals surface area contributed by atoms with Crippen LogP contribution < -0.4 is 0 Å². The minimum Gasteiger partial charge on any atom is -0.478 e. The van der Waals surface area contributed by atoms with Gasteiger partial charge in [0.1, 0.15) is 5.56 Å². The molecule has 0 atom stereocenters. The Morgan fingerprint density at radius 1 is 1.19 bits per heavy atom. The fourth-order valence-corrected chi connectivity index (χ4v) is 2.24. The van der Waals surface area contributed by atoms with Gasteiger partial charge in [-0.05, 0) is 24.3 Å². The molecule has 0 saturated carbocycles. The van der Waals surface area contributed by atoms with E-state index in [-0.39, 0.29) is 5.56 Å². The lowest BCUT2D eigenvalue weighted by atomic mass is 10.1. The Kier molecular flexibility index (Phi) is 3.23. The molecule has 0 aliphatic rings. The number of carboxylic acids is 1. The molecule has 0 aliphatic heterocycles. The van der Waals surface area contributed by atoms with Gasteiger partial charge >= 0.3 is 5.97 Å². The molecule has 3 rings (SSSR count). The number of carbonyl (C=O) groups is 1. The third kappa shape index (κ3) is 2.41. The van der Waals surface area contributed by atoms with E-state index in [0.29, 0.717) is 16.3 Å². The predicted octanol–water partition coefficient (Wildman–Crippen LogP) is 2.62. The highest BCUT2D eigenvalue weighted by Crippen LogP contribution is 2.24. The number of benzene rings is 1. The Bertz CT molecular complexity index is 805. The quantitative estimate of drug-likeness (QED) is 0.807. The molecule has 0 fully saturated rings. The Morgan fingerprint density at radius 2 is 1.90 bits per heavy atom. The zero-order valence-corrected chi connectivity index (χ0v) is 11.8. The molecular formula is C14H11ClN4O2. The van der Waals surface area contributed by atoms with Crippen molar-refractivity contribution in [3.05, 3.63) is 53.4 Å². The summed E-state index contributed by atoms with van der Waals surface area (Å²) in [7, 11) is 1.70. The van der Waals surface area contributed by atoms with Gasteiger partial charge in [0, 0.05) is 23.8 Å². The van der Waals surface area contributed by atoms with Crippen LogP contribution in [0.4, 0.5) is 0 Å². The van der Waals surface area contributed by atoms with Crippen molar-refractivity contribution < 1.29 is 9.90 Å². The molecule has 0 unspecified atom stereocenters. The number of aromatic nitrogens is 4. The Hall–Kier alpha value is -2.60. The van der Waals surface area contributed by atoms with Crippen LogP contribution in [0.25, 0.3) is 16.9 Å². The maximum atomic E-state index is 11.2. The van der Waals surface area contributed by atoms with E-state index >= 15 is 0 Å². The van der Waals surface area contributed by atoms with E-state index in [0.717, 1.165) is 5.69 Å². The second-order valence-corrected chi connectivity index (χ2v) is 4.92. The smallest absolute Gasteiger partial charge is 0.339 e. The van der Waals surface area contributed by atoms with E-state index in [9.17, 15) is 9.90 Å². The van der Waals surface area contributed by atoms with Gasteiger partial charge < -0.3 is 5.11 Å². The normalized spacial score (nSPS) is 10.8. The fourth-order valence-electron chi connectivity index (χ4n) is 2.12. The van der Waals surface area contributed by atoms with Crippen molar-refractivity contribution in [1.29, 1.82) is 0 Å². The van der Waals surface area contributed by atoms with E-state index in [4.69, 9.17) is 11.6 Å². The SMILES string of the molecule is Cn1ncc(C(=O)O)c1-c1cnn(-c2ccc(Cl)cc2)c1. The molecule has 0 aliphatic carbocycles. The number of halogens is 1. The summed E-state index contributed by atoms with van der Waals surface area (Å²) in [5, 5.41) is 18.1. The summed E-state index contributed by atoms with van der Waals surface area (Å²) in [6.45, 7) is 0. The topological polar surface area (TPSA) is 72.9 Å². The molecule has 0 bridgehead atoms. The lowest BCUT2D eigenvalue weighted by molar-refractivity contribution is 0.0697. The van der Waals surface area contributed by atoms with Crippen LogP contribution in [-0.4, -0.2) is 30.6 Å². The molecule has 0 spiro atoms. The Morgan fingerprint density at radius 3 is 2.57 bits per heavy atom. The predicted molar refractivity (Wildman–Crippen MR) is 77.7 cm³/mol. The zero-order valence-electron chi connectivity index (χ0n) is 11.1. The van der Waals surface area contributed by atoms with Gasteiger partial charge in [-0.2, -0.15) is 10.2 Å². The second-order valence-electron chi connectivity index (χ2n) is 4.49. The summed E-state index contributed by atoms with van der Waals surface area (Å²) in [4.78, 5) is 11.2. The summed E-state index contributed by atoms with van der Waals surface area (Å²) < 4.78 is 3.18. The van der Waals surface area contributed by atoms with E-state index < -0.39 is 5.97 Å². The average molecular weight is 303 g/mol. The lowest BCUT2D eigenvalue weighted by Crippen LogP contribution is -2.00. The zero-order chi connectivity index (χ0) is 15.0. The van der Waals surface area contributed by atoms with Crippen LogP contribution in [0, 0.1) is 0 Å². The number of rotatable bonds is 3. The van der Waals surface area contributed by atoms with Crippen molar-refractivity contribution in [2.24, 2.45) is 7.05 Å². The van der Waals surface area contributed by atoms with Gasteiger partial charge in [-0.15, -0.1) is 0 Å². The highest BCUT2D eigenvalue weighted by atomic mass is 35.5. The molecule has 0 saturated heterocycles. The summed E-state index contributed by atoms with van der Waals surface area (Å²) in [6.07, 6.45) is 4.70. The van der Waals surface area contributed by atoms with Crippen LogP contribution in [0.2, 0.25) is 5.02 Å². The number of aryl methyl sites for hydroxylation is 1. The van der Waals surface area contributed by atoms with Crippen LogP contribution in [0.15, 0.2) is 42.9 Å². The van der Waals surface area contributed by atoms with Gasteiger partial charge in [0.15, 0.2) is 0 Å². The van der Waals surface area contributed by atoms with Gasteiger partial charge in [0.25, 0.3) is 0 Å². The minimum absolute atomic E-state index is 0.146. The Balaban J connectivity index is 2.05. The van der Waals surface area contributed by atoms with E-state index in [1.165, 1.54) is 10.9 Å². The first-order valence-corrected chi connectivity index (χ1v) is 6.50. The van der Waals surface area contributed by atoms with Crippen molar-refractivity contribution >= 4 is 17.6 Å². The van der Waals surface area contributed by atoms with Crippen molar-refractivity contribution in [1.82, 2.24) is 19.6 Å². The largest absolute Gasteiger partial charge is 0.478 e. The highest BCUT2D eigenvalue weighted by molar-refractivity contribution is 6.30. The third-order valence-electron chi connectivity index (χ3n) is 3.12. The minimum atomic E-state index is -1.02. The number of nitrogens with zero attached hydrogens (tertiary/aromatic N) is 4. The van der Waals surface area contributed by atoms with Gasteiger partial charge in [0.05, 0.1) is 23.8 Å². The van der Waals surface area contributed by atoms with Crippen LogP contribution >= 0.6 is 11.6 Å². The summed E-state index contributed by atoms with van der Waals surface area (Å²) in [5.74, 6) is -1.02. The Labute approximate surface area is 125 Å². The molecule has 0 amide bonds. The molecule has 0 radical (unpaired) electrons. The average Bonchev–Trinajstić information content (AvgIpc) is 3.05. The molecule has 1 N–H and O–H groups in total. The lowest BCUT2D eigenvalue weighted by Gasteiger charge is -2.02. The van der Waals surface area contributed by atoms with Crippen LogP contribution in [0.1, 0.15) is 10.4 Å². The van der Waals surface area contributed by atoms with Gasteiger partial charge in [-0.3, -0.25) is 4.68 Å². The first-order chi connectivity index (χ1) is 10.1. The second kappa shape index (κ2) is 5.06. The molecular weight excluding hydrogens is 292 g/mol. The first-order valence-electron chi connectivity index (χ1n) is 6.12. The van der Waals surface area contributed by atoms with Crippen molar-refractivity contribution in [3.63, 3.8) is 0 Å². The van der Waals surface area contributed by atoms with Crippen LogP contribution in [0.3, 0.4) is 0 Å². The molecule has 2 aromatic heterocycles. The van der Waals surface area contributed by atoms with Crippen molar-refractivity contribution in [3.8, 4) is 16.9 Å². The maximum Gasteiger partial charge on any atom is 0.339 e. The van der Waals surface area contributed by atoms with Gasteiger partial charge in [-0.1, -0.05) is 11.6 Å². The third-order valence-corrected chi connectivity index (χ3v) is 3.37. The summed E-state index contributed by atoms with van der Waals surface area (Å²) in [5.41, 5.74) is 2.18. The molecule has 1 aromatic carbocycles. The number of carboxylic acid groups (broad SMARTS) is 1. The van der Waals surface area contributed by atoms with Crippen LogP contribution in [-0.2, 0) is 7.05 Å². The van der Waals surface area contributed by atoms with Crippen molar-refractivity contribution in [2.75, 3.05) is 0 Å². The molecule has 2 heterocycles. The molecule has 3 aromatic rings. The van der Waals surface area contributed by atoms with Crippen LogP contribution in [0.5, 0.6) is 0 Å². The van der Waals surface area contributed by atoms with Gasteiger partial charge in [-0.25, -0.2) is 9.48 Å². The maximum absolute atomic E-state index is 11.2. The van der Waals surface area contributed by atoms with Gasteiger partial charge in [0.2, 0.25) is 0 Å². The monoisotopic (exact) mass is 302 g/mol. The fraction of sp³-hybridized carbons (Fsp3) is 0.0714. The standard InChI is InChI=1S/C14H11ClN4O2/c1-18-13(12(7-16-18)14(20)21)9-6-17-19(8-9)11-4-2-10(15)3-5-11/h2-8H,1H3,(H,20,21). The first kappa shape index (κ1) is 13.4.